The highest BCUT2D eigenvalue weighted by molar-refractivity contribution is 7.81. The summed E-state index contributed by atoms with van der Waals surface area (Å²) in [5, 5.41) is 15.1. The molecule has 21 heavy (non-hydrogen) atoms. The molecule has 0 atom stereocenters. The Kier molecular flexibility index (Phi) is 4.64. The molecule has 2 rings (SSSR count). The molecule has 0 unspecified atom stereocenters. The number of anilines is 1. The molecule has 0 fully saturated rings. The first-order valence-corrected chi connectivity index (χ1v) is 6.77. The first-order chi connectivity index (χ1) is 9.93. The Balaban J connectivity index is 2.34. The van der Waals surface area contributed by atoms with E-state index in [2.05, 4.69) is 10.6 Å². The zero-order chi connectivity index (χ0) is 15.6. The number of hydrogen-bond acceptors (Lipinski definition) is 4. The normalized spacial score (nSPS) is 14.7. The molecular formula is C13H12ClFN2O3S. The number of halogens is 2. The summed E-state index contributed by atoms with van der Waals surface area (Å²) >= 11 is 11.0. The number of nitrogens with one attached hydrogen (secondary N) is 2. The van der Waals surface area contributed by atoms with E-state index in [-0.39, 0.29) is 39.2 Å². The van der Waals surface area contributed by atoms with E-state index >= 15 is 0 Å². The highest BCUT2D eigenvalue weighted by atomic mass is 35.5. The molecule has 5 nitrogen and oxygen atoms in total. The minimum absolute atomic E-state index is 0.0373. The van der Waals surface area contributed by atoms with Gasteiger partial charge in [-0.25, -0.2) is 4.39 Å². The molecule has 3 N–H and O–H groups in total. The summed E-state index contributed by atoms with van der Waals surface area (Å²) < 4.78 is 18.5. The summed E-state index contributed by atoms with van der Waals surface area (Å²) in [5.41, 5.74) is 0.130. The van der Waals surface area contributed by atoms with E-state index in [1.807, 2.05) is 0 Å². The van der Waals surface area contributed by atoms with Crippen LogP contribution in [0.2, 0.25) is 5.02 Å². The largest absolute Gasteiger partial charge is 0.511 e. The SMILES string of the molecule is COc1c(Cl)cc(F)cc1NC(=S)C1=C(O)CCNC1=O. The van der Waals surface area contributed by atoms with E-state index in [0.717, 1.165) is 12.1 Å². The Bertz CT molecular complexity index is 649. The molecule has 1 aromatic carbocycles. The van der Waals surface area contributed by atoms with Crippen molar-refractivity contribution in [1.29, 1.82) is 0 Å². The highest BCUT2D eigenvalue weighted by Gasteiger charge is 2.24. The number of rotatable bonds is 3. The van der Waals surface area contributed by atoms with Crippen LogP contribution in [0.1, 0.15) is 6.42 Å². The number of hydrogen-bond donors (Lipinski definition) is 3. The molecule has 1 heterocycles. The third-order valence-electron chi connectivity index (χ3n) is 2.85. The lowest BCUT2D eigenvalue weighted by molar-refractivity contribution is -0.117. The molecule has 8 heteroatoms. The van der Waals surface area contributed by atoms with Crippen LogP contribution in [-0.2, 0) is 4.79 Å². The lowest BCUT2D eigenvalue weighted by Crippen LogP contribution is -2.36. The maximum absolute atomic E-state index is 13.4. The van der Waals surface area contributed by atoms with Crippen LogP contribution in [-0.4, -0.2) is 29.7 Å². The van der Waals surface area contributed by atoms with Gasteiger partial charge >= 0.3 is 0 Å². The first kappa shape index (κ1) is 15.5. The van der Waals surface area contributed by atoms with Gasteiger partial charge in [0.25, 0.3) is 5.91 Å². The molecule has 112 valence electrons. The number of aliphatic hydroxyl groups is 1. The van der Waals surface area contributed by atoms with Crippen molar-refractivity contribution in [2.24, 2.45) is 0 Å². The Morgan fingerprint density at radius 1 is 1.57 bits per heavy atom. The molecule has 1 aliphatic heterocycles. The Morgan fingerprint density at radius 2 is 2.29 bits per heavy atom. The van der Waals surface area contributed by atoms with Crippen LogP contribution >= 0.6 is 23.8 Å². The third kappa shape index (κ3) is 3.25. The minimum Gasteiger partial charge on any atom is -0.511 e. The molecule has 1 aliphatic rings. The molecule has 0 spiro atoms. The zero-order valence-corrected chi connectivity index (χ0v) is 12.6. The third-order valence-corrected chi connectivity index (χ3v) is 3.44. The van der Waals surface area contributed by atoms with Gasteiger partial charge in [0, 0.05) is 19.0 Å². The molecule has 1 amide bonds. The first-order valence-electron chi connectivity index (χ1n) is 5.98. The van der Waals surface area contributed by atoms with Gasteiger partial charge in [-0.2, -0.15) is 0 Å². The zero-order valence-electron chi connectivity index (χ0n) is 11.0. The molecule has 1 aromatic rings. The predicted octanol–water partition coefficient (Wildman–Crippen LogP) is 2.56. The molecule has 0 aliphatic carbocycles. The van der Waals surface area contributed by atoms with Gasteiger partial charge in [-0.3, -0.25) is 4.79 Å². The summed E-state index contributed by atoms with van der Waals surface area (Å²) in [6, 6.07) is 2.23. The average molecular weight is 331 g/mol. The van der Waals surface area contributed by atoms with Crippen LogP contribution in [0, 0.1) is 5.82 Å². The van der Waals surface area contributed by atoms with Gasteiger partial charge in [-0.05, 0) is 6.07 Å². The molecular weight excluding hydrogens is 319 g/mol. The lowest BCUT2D eigenvalue weighted by atomic mass is 10.1. The fraction of sp³-hybridized carbons (Fsp3) is 0.231. The predicted molar refractivity (Wildman–Crippen MR) is 81.5 cm³/mol. The summed E-state index contributed by atoms with van der Waals surface area (Å²) in [6.45, 7) is 0.339. The van der Waals surface area contributed by atoms with E-state index in [4.69, 9.17) is 28.6 Å². The fourth-order valence-electron chi connectivity index (χ4n) is 1.92. The van der Waals surface area contributed by atoms with Crippen LogP contribution in [0.4, 0.5) is 10.1 Å². The Morgan fingerprint density at radius 3 is 2.90 bits per heavy atom. The number of methoxy groups -OCH3 is 1. The van der Waals surface area contributed by atoms with Crippen molar-refractivity contribution in [2.45, 2.75) is 6.42 Å². The number of carbonyl (C=O) groups excluding carboxylic acids is 1. The second-order valence-electron chi connectivity index (χ2n) is 4.25. The summed E-state index contributed by atoms with van der Waals surface area (Å²) in [4.78, 5) is 11.7. The smallest absolute Gasteiger partial charge is 0.257 e. The number of amides is 1. The van der Waals surface area contributed by atoms with E-state index in [0.29, 0.717) is 6.54 Å². The van der Waals surface area contributed by atoms with Crippen LogP contribution in [0.25, 0.3) is 0 Å². The highest BCUT2D eigenvalue weighted by Crippen LogP contribution is 2.34. The number of benzene rings is 1. The molecule has 0 saturated carbocycles. The number of thiocarbonyl (C=S) groups is 1. The van der Waals surface area contributed by atoms with Gasteiger partial charge in [-0.15, -0.1) is 0 Å². The van der Waals surface area contributed by atoms with Crippen molar-refractivity contribution in [3.8, 4) is 5.75 Å². The topological polar surface area (TPSA) is 70.6 Å². The quantitative estimate of drug-likeness (QED) is 0.743. The fourth-order valence-corrected chi connectivity index (χ4v) is 2.52. The van der Waals surface area contributed by atoms with Gasteiger partial charge in [0.05, 0.1) is 17.8 Å². The van der Waals surface area contributed by atoms with Crippen molar-refractivity contribution in [3.63, 3.8) is 0 Å². The molecule has 0 radical (unpaired) electrons. The van der Waals surface area contributed by atoms with Crippen molar-refractivity contribution < 1.29 is 19.0 Å². The number of carbonyl (C=O) groups is 1. The summed E-state index contributed by atoms with van der Waals surface area (Å²) in [6.07, 6.45) is 0.282. The maximum Gasteiger partial charge on any atom is 0.257 e. The number of ether oxygens (including phenoxy) is 1. The second-order valence-corrected chi connectivity index (χ2v) is 5.07. The maximum atomic E-state index is 13.4. The van der Waals surface area contributed by atoms with Gasteiger partial charge < -0.3 is 20.5 Å². The monoisotopic (exact) mass is 330 g/mol. The Labute approximate surface area is 130 Å². The Hall–Kier alpha value is -1.86. The van der Waals surface area contributed by atoms with E-state index in [1.165, 1.54) is 7.11 Å². The van der Waals surface area contributed by atoms with Crippen LogP contribution in [0.15, 0.2) is 23.5 Å². The van der Waals surface area contributed by atoms with E-state index in [1.54, 1.807) is 0 Å². The molecule has 0 bridgehead atoms. The van der Waals surface area contributed by atoms with Crippen molar-refractivity contribution >= 4 is 40.4 Å². The van der Waals surface area contributed by atoms with E-state index in [9.17, 15) is 14.3 Å². The van der Waals surface area contributed by atoms with Crippen molar-refractivity contribution in [1.82, 2.24) is 5.32 Å². The second kappa shape index (κ2) is 6.28. The molecule has 0 saturated heterocycles. The van der Waals surface area contributed by atoms with E-state index < -0.39 is 11.7 Å². The van der Waals surface area contributed by atoms with Crippen LogP contribution in [0.3, 0.4) is 0 Å². The van der Waals surface area contributed by atoms with Crippen molar-refractivity contribution in [3.05, 3.63) is 34.3 Å². The molecule has 0 aromatic heterocycles. The van der Waals surface area contributed by atoms with Gasteiger partial charge in [0.1, 0.15) is 22.1 Å². The summed E-state index contributed by atoms with van der Waals surface area (Å²) in [5.74, 6) is -0.996. The standard InChI is InChI=1S/C13H12ClFN2O3S/c1-20-11-7(14)4-6(15)5-8(11)17-13(21)10-9(18)2-3-16-12(10)19/h4-5,18H,2-3H2,1H3,(H,16,19)(H,17,21). The summed E-state index contributed by atoms with van der Waals surface area (Å²) in [7, 11) is 1.37. The minimum atomic E-state index is -0.586. The number of aliphatic hydroxyl groups excluding tert-OH is 1. The lowest BCUT2D eigenvalue weighted by Gasteiger charge is -2.19. The van der Waals surface area contributed by atoms with Gasteiger partial charge in [0.15, 0.2) is 5.75 Å². The van der Waals surface area contributed by atoms with Crippen LogP contribution in [0.5, 0.6) is 5.75 Å². The van der Waals surface area contributed by atoms with Gasteiger partial charge in [0.2, 0.25) is 0 Å². The van der Waals surface area contributed by atoms with Crippen LogP contribution < -0.4 is 15.4 Å². The van der Waals surface area contributed by atoms with Crippen molar-refractivity contribution in [2.75, 3.05) is 19.0 Å². The average Bonchev–Trinajstić information content (AvgIpc) is 2.37. The van der Waals surface area contributed by atoms with Gasteiger partial charge in [-0.1, -0.05) is 23.8 Å².